The van der Waals surface area contributed by atoms with Gasteiger partial charge in [0.2, 0.25) is 0 Å². The number of nitrogens with zero attached hydrogens (tertiary/aromatic N) is 1. The Morgan fingerprint density at radius 1 is 1.07 bits per heavy atom. The lowest BCUT2D eigenvalue weighted by atomic mass is 10.1. The summed E-state index contributed by atoms with van der Waals surface area (Å²) in [5.41, 5.74) is 1.55. The first-order chi connectivity index (χ1) is 14.3. The molecule has 0 aliphatic carbocycles. The molecule has 0 radical (unpaired) electrons. The van der Waals surface area contributed by atoms with Gasteiger partial charge in [0.05, 0.1) is 39.9 Å². The zero-order valence-corrected chi connectivity index (χ0v) is 18.3. The van der Waals surface area contributed by atoms with Gasteiger partial charge in [0.1, 0.15) is 17.1 Å². The molecule has 0 unspecified atom stereocenters. The summed E-state index contributed by atoms with van der Waals surface area (Å²) in [5.74, 6) is 0.587. The van der Waals surface area contributed by atoms with E-state index in [1.165, 1.54) is 30.5 Å². The summed E-state index contributed by atoms with van der Waals surface area (Å²) >= 11 is 7.51. The standard InChI is InChI=1S/C22H18ClNO5S/c1-11-5-6-16-12(7-11)20-13(22(26)29-16)8-19(30-20)21(25)24(2)15-9-14(23)17(27-3)10-18(15)28-4/h5-10H,1-4H3. The fourth-order valence-electron chi connectivity index (χ4n) is 3.29. The lowest BCUT2D eigenvalue weighted by Crippen LogP contribution is -2.26. The van der Waals surface area contributed by atoms with Crippen LogP contribution in [0.5, 0.6) is 11.5 Å². The molecule has 30 heavy (non-hydrogen) atoms. The molecule has 0 aliphatic heterocycles. The van der Waals surface area contributed by atoms with Crippen LogP contribution in [-0.2, 0) is 0 Å². The first kappa shape index (κ1) is 20.3. The predicted molar refractivity (Wildman–Crippen MR) is 120 cm³/mol. The van der Waals surface area contributed by atoms with Gasteiger partial charge in [0, 0.05) is 18.5 Å². The number of halogens is 1. The summed E-state index contributed by atoms with van der Waals surface area (Å²) < 4.78 is 16.8. The molecule has 0 spiro atoms. The van der Waals surface area contributed by atoms with Crippen molar-refractivity contribution < 1.29 is 18.7 Å². The molecular weight excluding hydrogens is 426 g/mol. The van der Waals surface area contributed by atoms with Gasteiger partial charge in [-0.25, -0.2) is 4.79 Å². The molecule has 0 fully saturated rings. The van der Waals surface area contributed by atoms with Gasteiger partial charge in [0.25, 0.3) is 5.91 Å². The Labute approximate surface area is 181 Å². The molecule has 0 aliphatic rings. The van der Waals surface area contributed by atoms with E-state index in [4.69, 9.17) is 25.5 Å². The van der Waals surface area contributed by atoms with E-state index in [0.717, 1.165) is 15.6 Å². The molecule has 154 valence electrons. The van der Waals surface area contributed by atoms with Crippen molar-refractivity contribution in [2.24, 2.45) is 0 Å². The Morgan fingerprint density at radius 2 is 1.80 bits per heavy atom. The van der Waals surface area contributed by atoms with Crippen LogP contribution in [0, 0.1) is 6.92 Å². The number of amides is 1. The molecular formula is C22H18ClNO5S. The molecule has 0 atom stereocenters. The lowest BCUT2D eigenvalue weighted by Gasteiger charge is -2.20. The van der Waals surface area contributed by atoms with Gasteiger partial charge >= 0.3 is 5.63 Å². The van der Waals surface area contributed by atoms with Gasteiger partial charge < -0.3 is 18.8 Å². The van der Waals surface area contributed by atoms with Gasteiger partial charge in [-0.2, -0.15) is 0 Å². The van der Waals surface area contributed by atoms with Crippen molar-refractivity contribution in [1.82, 2.24) is 0 Å². The number of carbonyl (C=O) groups is 1. The molecule has 0 saturated carbocycles. The zero-order chi connectivity index (χ0) is 21.6. The summed E-state index contributed by atoms with van der Waals surface area (Å²) in [4.78, 5) is 27.5. The lowest BCUT2D eigenvalue weighted by molar-refractivity contribution is 0.0996. The maximum atomic E-state index is 13.2. The van der Waals surface area contributed by atoms with E-state index in [1.54, 1.807) is 31.3 Å². The number of aryl methyl sites for hydroxylation is 1. The molecule has 0 bridgehead atoms. The molecule has 1 amide bonds. The molecule has 0 saturated heterocycles. The van der Waals surface area contributed by atoms with Crippen LogP contribution in [0.15, 0.2) is 45.6 Å². The van der Waals surface area contributed by atoms with E-state index < -0.39 is 5.63 Å². The van der Waals surface area contributed by atoms with Gasteiger partial charge in [-0.3, -0.25) is 4.79 Å². The monoisotopic (exact) mass is 443 g/mol. The number of benzene rings is 2. The fourth-order valence-corrected chi connectivity index (χ4v) is 4.67. The Balaban J connectivity index is 1.83. The van der Waals surface area contributed by atoms with Crippen molar-refractivity contribution in [3.05, 3.63) is 62.3 Å². The summed E-state index contributed by atoms with van der Waals surface area (Å²) in [7, 11) is 4.63. The van der Waals surface area contributed by atoms with E-state index in [1.807, 2.05) is 19.1 Å². The van der Waals surface area contributed by atoms with Crippen LogP contribution in [0.2, 0.25) is 5.02 Å². The van der Waals surface area contributed by atoms with Crippen molar-refractivity contribution in [3.63, 3.8) is 0 Å². The maximum Gasteiger partial charge on any atom is 0.345 e. The number of hydrogen-bond acceptors (Lipinski definition) is 6. The van der Waals surface area contributed by atoms with Crippen LogP contribution in [0.4, 0.5) is 5.69 Å². The molecule has 0 N–H and O–H groups in total. The van der Waals surface area contributed by atoms with E-state index >= 15 is 0 Å². The van der Waals surface area contributed by atoms with Crippen LogP contribution in [0.1, 0.15) is 15.2 Å². The highest BCUT2D eigenvalue weighted by Gasteiger charge is 2.23. The van der Waals surface area contributed by atoms with Gasteiger partial charge in [0.15, 0.2) is 0 Å². The minimum Gasteiger partial charge on any atom is -0.495 e. The second kappa shape index (κ2) is 7.66. The third-order valence-electron chi connectivity index (χ3n) is 4.86. The number of hydrogen-bond donors (Lipinski definition) is 0. The quantitative estimate of drug-likeness (QED) is 0.402. The topological polar surface area (TPSA) is 69.0 Å². The zero-order valence-electron chi connectivity index (χ0n) is 16.7. The second-order valence-electron chi connectivity index (χ2n) is 6.77. The summed E-state index contributed by atoms with van der Waals surface area (Å²) in [6.45, 7) is 1.96. The van der Waals surface area contributed by atoms with E-state index in [9.17, 15) is 9.59 Å². The van der Waals surface area contributed by atoms with Crippen LogP contribution in [0.3, 0.4) is 0 Å². The summed E-state index contributed by atoms with van der Waals surface area (Å²) in [6, 6.07) is 10.4. The van der Waals surface area contributed by atoms with E-state index in [-0.39, 0.29) is 5.91 Å². The molecule has 2 heterocycles. The third kappa shape index (κ3) is 3.30. The number of thiophene rings is 1. The van der Waals surface area contributed by atoms with Gasteiger partial charge in [-0.1, -0.05) is 23.2 Å². The Bertz CT molecular complexity index is 1360. The maximum absolute atomic E-state index is 13.2. The first-order valence-corrected chi connectivity index (χ1v) is 10.2. The van der Waals surface area contributed by atoms with Crippen LogP contribution in [0.25, 0.3) is 21.1 Å². The number of anilines is 1. The average Bonchev–Trinajstić information content (AvgIpc) is 3.19. The second-order valence-corrected chi connectivity index (χ2v) is 8.22. The van der Waals surface area contributed by atoms with E-state index in [0.29, 0.717) is 38.1 Å². The van der Waals surface area contributed by atoms with Crippen LogP contribution in [-0.4, -0.2) is 27.2 Å². The molecule has 8 heteroatoms. The minimum atomic E-state index is -0.468. The molecule has 4 rings (SSSR count). The average molecular weight is 444 g/mol. The summed E-state index contributed by atoms with van der Waals surface area (Å²) in [6.07, 6.45) is 0. The third-order valence-corrected chi connectivity index (χ3v) is 6.32. The number of methoxy groups -OCH3 is 2. The molecule has 2 aromatic heterocycles. The molecule has 6 nitrogen and oxygen atoms in total. The Kier molecular flexibility index (Phi) is 5.17. The summed E-state index contributed by atoms with van der Waals surface area (Å²) in [5, 5.41) is 1.54. The van der Waals surface area contributed by atoms with Crippen molar-refractivity contribution in [2.45, 2.75) is 6.92 Å². The highest BCUT2D eigenvalue weighted by atomic mass is 35.5. The highest BCUT2D eigenvalue weighted by Crippen LogP contribution is 2.39. The first-order valence-electron chi connectivity index (χ1n) is 9.00. The molecule has 2 aromatic carbocycles. The van der Waals surface area contributed by atoms with Crippen molar-refractivity contribution in [2.75, 3.05) is 26.2 Å². The highest BCUT2D eigenvalue weighted by molar-refractivity contribution is 7.21. The van der Waals surface area contributed by atoms with Gasteiger partial charge in [-0.15, -0.1) is 11.3 Å². The smallest absolute Gasteiger partial charge is 0.345 e. The predicted octanol–water partition coefficient (Wildman–Crippen LogP) is 5.26. The fraction of sp³-hybridized carbons (Fsp3) is 0.182. The Morgan fingerprint density at radius 3 is 2.50 bits per heavy atom. The van der Waals surface area contributed by atoms with E-state index in [2.05, 4.69) is 0 Å². The number of rotatable bonds is 4. The minimum absolute atomic E-state index is 0.295. The van der Waals surface area contributed by atoms with Crippen LogP contribution >= 0.6 is 22.9 Å². The molecule has 4 aromatic rings. The van der Waals surface area contributed by atoms with Crippen LogP contribution < -0.4 is 20.0 Å². The number of fused-ring (bicyclic) bond motifs is 3. The number of ether oxygens (including phenoxy) is 2. The largest absolute Gasteiger partial charge is 0.495 e. The van der Waals surface area contributed by atoms with Crippen molar-refractivity contribution >= 4 is 55.6 Å². The normalized spacial score (nSPS) is 11.1. The SMILES string of the molecule is COc1cc(OC)c(N(C)C(=O)c2cc3c(=O)oc4ccc(C)cc4c3s2)cc1Cl. The Hall–Kier alpha value is -3.03. The number of carbonyl (C=O) groups excluding carboxylic acids is 1. The van der Waals surface area contributed by atoms with Crippen molar-refractivity contribution in [3.8, 4) is 11.5 Å². The van der Waals surface area contributed by atoms with Crippen molar-refractivity contribution in [1.29, 1.82) is 0 Å². The van der Waals surface area contributed by atoms with Gasteiger partial charge in [-0.05, 0) is 31.2 Å².